The average Bonchev–Trinajstić information content (AvgIpc) is 2.88. The summed E-state index contributed by atoms with van der Waals surface area (Å²) in [6.07, 6.45) is 1.74. The third kappa shape index (κ3) is 1.68. The van der Waals surface area contributed by atoms with Crippen LogP contribution < -0.4 is 5.73 Å². The van der Waals surface area contributed by atoms with Crippen LogP contribution in [0, 0.1) is 19.7 Å². The first-order chi connectivity index (χ1) is 9.09. The van der Waals surface area contributed by atoms with Crippen LogP contribution >= 0.6 is 0 Å². The van der Waals surface area contributed by atoms with Crippen LogP contribution in [0.4, 0.5) is 10.1 Å². The third-order valence-corrected chi connectivity index (χ3v) is 3.55. The van der Waals surface area contributed by atoms with Gasteiger partial charge in [0.1, 0.15) is 11.6 Å². The standard InChI is InChI=1S/C15H14FN3/c1-9-10(2)19(12-5-3-11(16)4-6-12)15-13(14(9)17)7-8-18-15/h3-8H,17H2,1-2H3. The van der Waals surface area contributed by atoms with E-state index in [-0.39, 0.29) is 5.82 Å². The molecular formula is C15H14FN3. The highest BCUT2D eigenvalue weighted by atomic mass is 19.1. The van der Waals surface area contributed by atoms with E-state index < -0.39 is 0 Å². The average molecular weight is 255 g/mol. The molecule has 0 amide bonds. The molecule has 0 unspecified atom stereocenters. The molecule has 96 valence electrons. The van der Waals surface area contributed by atoms with Crippen LogP contribution in [-0.2, 0) is 0 Å². The van der Waals surface area contributed by atoms with Crippen LogP contribution in [0.2, 0.25) is 0 Å². The van der Waals surface area contributed by atoms with Gasteiger partial charge in [0.25, 0.3) is 0 Å². The molecule has 4 heteroatoms. The summed E-state index contributed by atoms with van der Waals surface area (Å²) in [5.41, 5.74) is 10.7. The van der Waals surface area contributed by atoms with E-state index in [4.69, 9.17) is 5.73 Å². The van der Waals surface area contributed by atoms with Gasteiger partial charge in [-0.1, -0.05) is 0 Å². The first-order valence-corrected chi connectivity index (χ1v) is 6.07. The van der Waals surface area contributed by atoms with Gasteiger partial charge in [-0.05, 0) is 49.7 Å². The minimum atomic E-state index is -0.249. The van der Waals surface area contributed by atoms with Crippen LogP contribution in [0.1, 0.15) is 11.3 Å². The zero-order valence-electron chi connectivity index (χ0n) is 10.8. The Morgan fingerprint density at radius 2 is 1.79 bits per heavy atom. The lowest BCUT2D eigenvalue weighted by Crippen LogP contribution is -2.10. The molecule has 0 saturated heterocycles. The van der Waals surface area contributed by atoms with E-state index in [1.807, 2.05) is 24.5 Å². The quantitative estimate of drug-likeness (QED) is 0.725. The maximum absolute atomic E-state index is 13.1. The molecule has 2 N–H and O–H groups in total. The second-order valence-electron chi connectivity index (χ2n) is 4.62. The van der Waals surface area contributed by atoms with Crippen molar-refractivity contribution in [1.82, 2.24) is 9.55 Å². The number of nitrogens with zero attached hydrogens (tertiary/aromatic N) is 2. The highest BCUT2D eigenvalue weighted by Crippen LogP contribution is 2.34. The van der Waals surface area contributed by atoms with Crippen molar-refractivity contribution in [2.45, 2.75) is 13.8 Å². The summed E-state index contributed by atoms with van der Waals surface area (Å²) < 4.78 is 15.1. The van der Waals surface area contributed by atoms with Gasteiger partial charge in [0.05, 0.1) is 0 Å². The van der Waals surface area contributed by atoms with Gasteiger partial charge in [-0.25, -0.2) is 9.37 Å². The normalized spacial score (nSPS) is 11.1. The number of nitrogens with two attached hydrogens (primary N) is 1. The van der Waals surface area contributed by atoms with Crippen LogP contribution in [0.25, 0.3) is 17.1 Å². The Morgan fingerprint density at radius 3 is 2.47 bits per heavy atom. The van der Waals surface area contributed by atoms with E-state index in [1.165, 1.54) is 12.1 Å². The van der Waals surface area contributed by atoms with Crippen molar-refractivity contribution >= 4 is 5.69 Å². The zero-order chi connectivity index (χ0) is 13.6. The Balaban J connectivity index is 2.35. The molecule has 0 fully saturated rings. The van der Waals surface area contributed by atoms with Crippen LogP contribution in [0.5, 0.6) is 0 Å². The van der Waals surface area contributed by atoms with Crippen molar-refractivity contribution in [3.63, 3.8) is 0 Å². The summed E-state index contributed by atoms with van der Waals surface area (Å²) in [4.78, 5) is 4.37. The molecule has 19 heavy (non-hydrogen) atoms. The maximum atomic E-state index is 13.1. The summed E-state index contributed by atoms with van der Waals surface area (Å²) in [5.74, 6) is 0.549. The zero-order valence-corrected chi connectivity index (χ0v) is 10.8. The van der Waals surface area contributed by atoms with Crippen LogP contribution in [0.15, 0.2) is 36.5 Å². The van der Waals surface area contributed by atoms with Crippen molar-refractivity contribution in [3.8, 4) is 17.1 Å². The summed E-state index contributed by atoms with van der Waals surface area (Å²) in [5, 5.41) is 0. The molecule has 0 spiro atoms. The lowest BCUT2D eigenvalue weighted by atomic mass is 10.1. The van der Waals surface area contributed by atoms with Gasteiger partial charge in [-0.2, -0.15) is 0 Å². The summed E-state index contributed by atoms with van der Waals surface area (Å²) in [7, 11) is 0. The van der Waals surface area contributed by atoms with Gasteiger partial charge in [0.15, 0.2) is 0 Å². The molecule has 1 aromatic rings. The SMILES string of the molecule is Cc1c(N)c2ccnc-2n(-c2ccc(F)cc2)c1C. The monoisotopic (exact) mass is 255 g/mol. The number of hydrogen-bond acceptors (Lipinski definition) is 2. The van der Waals surface area contributed by atoms with Crippen LogP contribution in [-0.4, -0.2) is 9.55 Å². The topological polar surface area (TPSA) is 43.8 Å². The lowest BCUT2D eigenvalue weighted by Gasteiger charge is -2.20. The first-order valence-electron chi connectivity index (χ1n) is 6.07. The molecule has 0 atom stereocenters. The first kappa shape index (κ1) is 11.7. The van der Waals surface area contributed by atoms with Gasteiger partial charge in [-0.3, -0.25) is 4.57 Å². The Bertz CT molecular complexity index is 713. The fourth-order valence-electron chi connectivity index (χ4n) is 2.34. The molecule has 0 bridgehead atoms. The van der Waals surface area contributed by atoms with E-state index in [2.05, 4.69) is 4.98 Å². The minimum Gasteiger partial charge on any atom is -0.398 e. The number of benzene rings is 1. The van der Waals surface area contributed by atoms with Crippen molar-refractivity contribution in [2.75, 3.05) is 5.73 Å². The number of pyridine rings is 1. The van der Waals surface area contributed by atoms with Crippen molar-refractivity contribution in [2.24, 2.45) is 0 Å². The minimum absolute atomic E-state index is 0.249. The number of rotatable bonds is 1. The molecule has 2 aliphatic rings. The van der Waals surface area contributed by atoms with Crippen molar-refractivity contribution in [1.29, 1.82) is 0 Å². The summed E-state index contributed by atoms with van der Waals surface area (Å²) in [6.45, 7) is 3.97. The fraction of sp³-hybridized carbons (Fsp3) is 0.133. The highest BCUT2D eigenvalue weighted by Gasteiger charge is 2.18. The number of fused-ring (bicyclic) bond motifs is 1. The van der Waals surface area contributed by atoms with E-state index in [1.54, 1.807) is 18.3 Å². The van der Waals surface area contributed by atoms with Gasteiger partial charge < -0.3 is 5.73 Å². The van der Waals surface area contributed by atoms with E-state index in [0.29, 0.717) is 0 Å². The third-order valence-electron chi connectivity index (χ3n) is 3.55. The van der Waals surface area contributed by atoms with Crippen LogP contribution in [0.3, 0.4) is 0 Å². The van der Waals surface area contributed by atoms with Crippen molar-refractivity contribution in [3.05, 3.63) is 53.6 Å². The van der Waals surface area contributed by atoms with E-state index in [0.717, 1.165) is 34.0 Å². The second-order valence-corrected chi connectivity index (χ2v) is 4.62. The Hall–Kier alpha value is -2.36. The van der Waals surface area contributed by atoms with Gasteiger partial charge >= 0.3 is 0 Å². The smallest absolute Gasteiger partial charge is 0.146 e. The van der Waals surface area contributed by atoms with Gasteiger partial charge in [0.2, 0.25) is 0 Å². The lowest BCUT2D eigenvalue weighted by molar-refractivity contribution is 0.627. The van der Waals surface area contributed by atoms with E-state index in [9.17, 15) is 4.39 Å². The molecule has 2 heterocycles. The predicted molar refractivity (Wildman–Crippen MR) is 74.0 cm³/mol. The molecule has 0 radical (unpaired) electrons. The highest BCUT2D eigenvalue weighted by molar-refractivity contribution is 5.78. The molecule has 2 aliphatic heterocycles. The number of aromatic nitrogens is 2. The maximum Gasteiger partial charge on any atom is 0.146 e. The largest absolute Gasteiger partial charge is 0.398 e. The Morgan fingerprint density at radius 1 is 1.11 bits per heavy atom. The summed E-state index contributed by atoms with van der Waals surface area (Å²) >= 11 is 0. The Kier molecular flexibility index (Phi) is 2.52. The van der Waals surface area contributed by atoms with Crippen molar-refractivity contribution < 1.29 is 4.39 Å². The molecule has 3 rings (SSSR count). The molecule has 0 aromatic heterocycles. The number of nitrogen functional groups attached to an aromatic ring is 1. The number of halogens is 1. The fourth-order valence-corrected chi connectivity index (χ4v) is 2.34. The molecule has 0 saturated carbocycles. The predicted octanol–water partition coefficient (Wildman–Crippen LogP) is 3.32. The number of anilines is 1. The second kappa shape index (κ2) is 4.09. The molecule has 1 aromatic carbocycles. The molecular weight excluding hydrogens is 241 g/mol. The van der Waals surface area contributed by atoms with Gasteiger partial charge in [0, 0.05) is 28.8 Å². The van der Waals surface area contributed by atoms with Gasteiger partial charge in [-0.15, -0.1) is 0 Å². The van der Waals surface area contributed by atoms with E-state index >= 15 is 0 Å². The summed E-state index contributed by atoms with van der Waals surface area (Å²) in [6, 6.07) is 8.28. The molecule has 0 aliphatic carbocycles. The number of hydrogen-bond donors (Lipinski definition) is 1. The molecule has 3 nitrogen and oxygen atoms in total. The Labute approximate surface area is 110 Å².